The highest BCUT2D eigenvalue weighted by Crippen LogP contribution is 2.23. The molecule has 82 valence electrons. The fourth-order valence-electron chi connectivity index (χ4n) is 1.30. The van der Waals surface area contributed by atoms with Gasteiger partial charge >= 0.3 is 0 Å². The molecule has 1 nitrogen and oxygen atoms in total. The lowest BCUT2D eigenvalue weighted by Gasteiger charge is -2.06. The average molecular weight is 245 g/mol. The van der Waals surface area contributed by atoms with Gasteiger partial charge in [-0.15, -0.1) is 11.6 Å². The Morgan fingerprint density at radius 3 is 2.80 bits per heavy atom. The number of rotatable bonds is 5. The SMILES string of the molecule is COc1ccc(Cl)cc1CC=CCCCl. The van der Waals surface area contributed by atoms with Gasteiger partial charge in [-0.05, 0) is 36.6 Å². The monoisotopic (exact) mass is 244 g/mol. The van der Waals surface area contributed by atoms with Gasteiger partial charge in [0.15, 0.2) is 0 Å². The summed E-state index contributed by atoms with van der Waals surface area (Å²) < 4.78 is 5.24. The molecule has 0 aromatic heterocycles. The summed E-state index contributed by atoms with van der Waals surface area (Å²) in [6, 6.07) is 5.63. The van der Waals surface area contributed by atoms with E-state index in [0.717, 1.165) is 29.2 Å². The summed E-state index contributed by atoms with van der Waals surface area (Å²) in [5.41, 5.74) is 1.09. The molecule has 0 aliphatic rings. The average Bonchev–Trinajstić information content (AvgIpc) is 2.25. The summed E-state index contributed by atoms with van der Waals surface area (Å²) in [4.78, 5) is 0. The molecule has 0 atom stereocenters. The molecule has 0 heterocycles. The Bertz CT molecular complexity index is 334. The standard InChI is InChI=1S/C12H14Cl2O/c1-15-12-7-6-11(14)9-10(12)5-3-2-4-8-13/h2-3,6-7,9H,4-5,8H2,1H3. The lowest BCUT2D eigenvalue weighted by atomic mass is 10.1. The minimum Gasteiger partial charge on any atom is -0.496 e. The Hall–Kier alpha value is -0.660. The fraction of sp³-hybridized carbons (Fsp3) is 0.333. The molecule has 1 aromatic rings. The van der Waals surface area contributed by atoms with Gasteiger partial charge in [0.1, 0.15) is 5.75 Å². The Kier molecular flexibility index (Phi) is 5.59. The number of hydrogen-bond acceptors (Lipinski definition) is 1. The highest BCUT2D eigenvalue weighted by atomic mass is 35.5. The van der Waals surface area contributed by atoms with Crippen LogP contribution in [-0.2, 0) is 6.42 Å². The van der Waals surface area contributed by atoms with Gasteiger partial charge in [-0.1, -0.05) is 23.8 Å². The van der Waals surface area contributed by atoms with Crippen LogP contribution in [0.1, 0.15) is 12.0 Å². The highest BCUT2D eigenvalue weighted by molar-refractivity contribution is 6.30. The van der Waals surface area contributed by atoms with Gasteiger partial charge < -0.3 is 4.74 Å². The van der Waals surface area contributed by atoms with E-state index in [9.17, 15) is 0 Å². The number of halogens is 2. The predicted octanol–water partition coefficient (Wildman–Crippen LogP) is 4.08. The molecule has 0 aliphatic carbocycles. The number of hydrogen-bond donors (Lipinski definition) is 0. The van der Waals surface area contributed by atoms with Crippen LogP contribution in [0.2, 0.25) is 5.02 Å². The van der Waals surface area contributed by atoms with Gasteiger partial charge in [0.05, 0.1) is 7.11 Å². The molecule has 0 fully saturated rings. The predicted molar refractivity (Wildman–Crippen MR) is 66.2 cm³/mol. The minimum absolute atomic E-state index is 0.656. The zero-order valence-corrected chi connectivity index (χ0v) is 10.2. The van der Waals surface area contributed by atoms with E-state index in [1.54, 1.807) is 7.11 Å². The van der Waals surface area contributed by atoms with Crippen molar-refractivity contribution >= 4 is 23.2 Å². The number of benzene rings is 1. The van der Waals surface area contributed by atoms with Crippen LogP contribution >= 0.6 is 23.2 Å². The van der Waals surface area contributed by atoms with Crippen molar-refractivity contribution in [1.82, 2.24) is 0 Å². The van der Waals surface area contributed by atoms with Gasteiger partial charge in [-0.2, -0.15) is 0 Å². The molecular formula is C12H14Cl2O. The maximum absolute atomic E-state index is 5.91. The number of alkyl halides is 1. The van der Waals surface area contributed by atoms with Crippen molar-refractivity contribution < 1.29 is 4.74 Å². The van der Waals surface area contributed by atoms with Crippen LogP contribution < -0.4 is 4.74 Å². The zero-order valence-electron chi connectivity index (χ0n) is 8.67. The summed E-state index contributed by atoms with van der Waals surface area (Å²) in [6.45, 7) is 0. The Balaban J connectivity index is 2.69. The molecule has 0 bridgehead atoms. The van der Waals surface area contributed by atoms with Crippen molar-refractivity contribution in [2.24, 2.45) is 0 Å². The van der Waals surface area contributed by atoms with Crippen molar-refractivity contribution in [3.63, 3.8) is 0 Å². The van der Waals surface area contributed by atoms with Gasteiger partial charge in [-0.3, -0.25) is 0 Å². The second-order valence-corrected chi connectivity index (χ2v) is 3.92. The van der Waals surface area contributed by atoms with Crippen molar-refractivity contribution in [1.29, 1.82) is 0 Å². The van der Waals surface area contributed by atoms with E-state index in [1.165, 1.54) is 0 Å². The van der Waals surface area contributed by atoms with Crippen LogP contribution in [-0.4, -0.2) is 13.0 Å². The Morgan fingerprint density at radius 2 is 2.13 bits per heavy atom. The minimum atomic E-state index is 0.656. The largest absolute Gasteiger partial charge is 0.496 e. The Morgan fingerprint density at radius 1 is 1.33 bits per heavy atom. The maximum atomic E-state index is 5.91. The van der Waals surface area contributed by atoms with Gasteiger partial charge in [0.25, 0.3) is 0 Å². The molecule has 0 amide bonds. The zero-order chi connectivity index (χ0) is 11.1. The van der Waals surface area contributed by atoms with E-state index in [2.05, 4.69) is 12.2 Å². The molecule has 1 rings (SSSR count). The molecule has 0 saturated carbocycles. The third kappa shape index (κ3) is 4.15. The molecule has 0 aliphatic heterocycles. The molecule has 1 aromatic carbocycles. The molecule has 0 N–H and O–H groups in total. The second kappa shape index (κ2) is 6.76. The van der Waals surface area contributed by atoms with Crippen molar-refractivity contribution in [2.45, 2.75) is 12.8 Å². The smallest absolute Gasteiger partial charge is 0.122 e. The first-order valence-electron chi connectivity index (χ1n) is 4.81. The van der Waals surface area contributed by atoms with Crippen molar-refractivity contribution in [3.8, 4) is 5.75 Å². The van der Waals surface area contributed by atoms with Gasteiger partial charge in [0, 0.05) is 10.9 Å². The number of allylic oxidation sites excluding steroid dienone is 2. The van der Waals surface area contributed by atoms with Crippen LogP contribution in [0.25, 0.3) is 0 Å². The molecule has 0 radical (unpaired) electrons. The van der Waals surface area contributed by atoms with Crippen molar-refractivity contribution in [2.75, 3.05) is 13.0 Å². The third-order valence-corrected chi connectivity index (χ3v) is 2.48. The number of ether oxygens (including phenoxy) is 1. The fourth-order valence-corrected chi connectivity index (χ4v) is 1.62. The van der Waals surface area contributed by atoms with Crippen molar-refractivity contribution in [3.05, 3.63) is 40.9 Å². The first-order valence-corrected chi connectivity index (χ1v) is 5.72. The topological polar surface area (TPSA) is 9.23 Å². The van der Waals surface area contributed by atoms with Crippen LogP contribution in [0.4, 0.5) is 0 Å². The number of methoxy groups -OCH3 is 1. The lowest BCUT2D eigenvalue weighted by molar-refractivity contribution is 0.410. The lowest BCUT2D eigenvalue weighted by Crippen LogP contribution is -1.90. The van der Waals surface area contributed by atoms with E-state index in [-0.39, 0.29) is 0 Å². The second-order valence-electron chi connectivity index (χ2n) is 3.11. The summed E-state index contributed by atoms with van der Waals surface area (Å²) in [7, 11) is 1.66. The first kappa shape index (κ1) is 12.4. The quantitative estimate of drug-likeness (QED) is 0.561. The van der Waals surface area contributed by atoms with E-state index in [1.807, 2.05) is 18.2 Å². The van der Waals surface area contributed by atoms with Gasteiger partial charge in [0.2, 0.25) is 0 Å². The first-order chi connectivity index (χ1) is 7.27. The van der Waals surface area contributed by atoms with E-state index in [0.29, 0.717) is 5.88 Å². The summed E-state index contributed by atoms with van der Waals surface area (Å²) >= 11 is 11.5. The van der Waals surface area contributed by atoms with Crippen LogP contribution in [0.3, 0.4) is 0 Å². The van der Waals surface area contributed by atoms with E-state index in [4.69, 9.17) is 27.9 Å². The molecule has 0 unspecified atom stereocenters. The van der Waals surface area contributed by atoms with E-state index < -0.39 is 0 Å². The highest BCUT2D eigenvalue weighted by Gasteiger charge is 2.01. The van der Waals surface area contributed by atoms with Crippen LogP contribution in [0.5, 0.6) is 5.75 Å². The Labute approximate surface area is 101 Å². The van der Waals surface area contributed by atoms with Crippen LogP contribution in [0.15, 0.2) is 30.4 Å². The third-order valence-electron chi connectivity index (χ3n) is 2.02. The normalized spacial score (nSPS) is 10.9. The van der Waals surface area contributed by atoms with Gasteiger partial charge in [-0.25, -0.2) is 0 Å². The molecule has 15 heavy (non-hydrogen) atoms. The van der Waals surface area contributed by atoms with Crippen LogP contribution in [0, 0.1) is 0 Å². The molecule has 0 spiro atoms. The molecule has 3 heteroatoms. The molecule has 0 saturated heterocycles. The summed E-state index contributed by atoms with van der Waals surface area (Å²) in [6.07, 6.45) is 5.86. The maximum Gasteiger partial charge on any atom is 0.122 e. The summed E-state index contributed by atoms with van der Waals surface area (Å²) in [5.74, 6) is 1.53. The van der Waals surface area contributed by atoms with E-state index >= 15 is 0 Å². The summed E-state index contributed by atoms with van der Waals surface area (Å²) in [5, 5.41) is 0.733. The molecular weight excluding hydrogens is 231 g/mol.